The van der Waals surface area contributed by atoms with Crippen LogP contribution in [0, 0.1) is 5.92 Å². The zero-order chi connectivity index (χ0) is 16.9. The molecule has 4 nitrogen and oxygen atoms in total. The van der Waals surface area contributed by atoms with E-state index in [9.17, 15) is 9.59 Å². The van der Waals surface area contributed by atoms with Crippen molar-refractivity contribution in [2.24, 2.45) is 5.92 Å². The first-order valence-corrected chi connectivity index (χ1v) is 9.80. The molecule has 0 bridgehead atoms. The Kier molecular flexibility index (Phi) is 5.95. The standard InChI is InChI=1S/C19H26N2O2S/c1-15(22)24-14-18-10-19(23)21(13-18)12-17-6-4-16(5-7-17)11-20-8-2-3-9-20/h4-7,18H,2-3,8-14H2,1H3. The van der Waals surface area contributed by atoms with E-state index in [1.54, 1.807) is 6.92 Å². The molecule has 1 atom stereocenters. The summed E-state index contributed by atoms with van der Waals surface area (Å²) < 4.78 is 0. The van der Waals surface area contributed by atoms with Gasteiger partial charge in [-0.05, 0) is 43.0 Å². The lowest BCUT2D eigenvalue weighted by Crippen LogP contribution is -2.25. The maximum atomic E-state index is 12.2. The zero-order valence-corrected chi connectivity index (χ0v) is 15.2. The van der Waals surface area contributed by atoms with Crippen molar-refractivity contribution < 1.29 is 9.59 Å². The molecule has 2 aliphatic heterocycles. The van der Waals surface area contributed by atoms with Gasteiger partial charge in [0.15, 0.2) is 5.12 Å². The molecule has 24 heavy (non-hydrogen) atoms. The van der Waals surface area contributed by atoms with Gasteiger partial charge in [-0.3, -0.25) is 14.5 Å². The van der Waals surface area contributed by atoms with Crippen molar-refractivity contribution in [3.63, 3.8) is 0 Å². The second-order valence-electron chi connectivity index (χ2n) is 6.95. The molecule has 0 aromatic heterocycles. The number of rotatable bonds is 6. The average Bonchev–Trinajstić information content (AvgIpc) is 3.18. The van der Waals surface area contributed by atoms with Gasteiger partial charge in [-0.25, -0.2) is 0 Å². The van der Waals surface area contributed by atoms with E-state index in [1.165, 1.54) is 48.8 Å². The Morgan fingerprint density at radius 3 is 2.38 bits per heavy atom. The molecule has 1 amide bonds. The highest BCUT2D eigenvalue weighted by Gasteiger charge is 2.29. The molecule has 2 saturated heterocycles. The Bertz CT molecular complexity index is 582. The largest absolute Gasteiger partial charge is 0.338 e. The molecule has 2 fully saturated rings. The molecular formula is C19H26N2O2S. The van der Waals surface area contributed by atoms with Gasteiger partial charge in [0.2, 0.25) is 5.91 Å². The topological polar surface area (TPSA) is 40.6 Å². The van der Waals surface area contributed by atoms with E-state index in [-0.39, 0.29) is 11.0 Å². The van der Waals surface area contributed by atoms with Crippen LogP contribution in [-0.4, -0.2) is 46.2 Å². The van der Waals surface area contributed by atoms with Crippen LogP contribution in [0.15, 0.2) is 24.3 Å². The summed E-state index contributed by atoms with van der Waals surface area (Å²) in [6.07, 6.45) is 3.21. The molecule has 2 aliphatic rings. The Hall–Kier alpha value is -1.33. The number of carbonyl (C=O) groups excluding carboxylic acids is 2. The number of hydrogen-bond donors (Lipinski definition) is 0. The van der Waals surface area contributed by atoms with E-state index in [4.69, 9.17) is 0 Å². The maximum absolute atomic E-state index is 12.2. The monoisotopic (exact) mass is 346 g/mol. The first-order chi connectivity index (χ1) is 11.6. The fraction of sp³-hybridized carbons (Fsp3) is 0.579. The summed E-state index contributed by atoms with van der Waals surface area (Å²) in [5.41, 5.74) is 2.54. The SMILES string of the molecule is CC(=O)SCC1CC(=O)N(Cc2ccc(CN3CCCC3)cc2)C1. The third-order valence-electron chi connectivity index (χ3n) is 4.82. The van der Waals surface area contributed by atoms with Gasteiger partial charge in [-0.15, -0.1) is 0 Å². The summed E-state index contributed by atoms with van der Waals surface area (Å²) >= 11 is 1.33. The van der Waals surface area contributed by atoms with E-state index >= 15 is 0 Å². The van der Waals surface area contributed by atoms with Crippen molar-refractivity contribution in [2.45, 2.75) is 39.3 Å². The van der Waals surface area contributed by atoms with Crippen LogP contribution in [0.3, 0.4) is 0 Å². The molecular weight excluding hydrogens is 320 g/mol. The van der Waals surface area contributed by atoms with E-state index in [1.807, 2.05) is 4.90 Å². The molecule has 5 heteroatoms. The fourth-order valence-corrected chi connectivity index (χ4v) is 4.22. The third-order valence-corrected chi connectivity index (χ3v) is 5.86. The molecule has 1 aromatic carbocycles. The van der Waals surface area contributed by atoms with Gasteiger partial charge >= 0.3 is 0 Å². The van der Waals surface area contributed by atoms with E-state index < -0.39 is 0 Å². The number of thioether (sulfide) groups is 1. The van der Waals surface area contributed by atoms with Crippen LogP contribution < -0.4 is 0 Å². The Labute approximate surface area is 148 Å². The molecule has 3 rings (SSSR count). The molecule has 0 spiro atoms. The lowest BCUT2D eigenvalue weighted by Gasteiger charge is -2.18. The van der Waals surface area contributed by atoms with Crippen molar-refractivity contribution in [1.29, 1.82) is 0 Å². The van der Waals surface area contributed by atoms with Crippen LogP contribution in [0.1, 0.15) is 37.3 Å². The molecule has 0 N–H and O–H groups in total. The predicted octanol–water partition coefficient (Wildman–Crippen LogP) is 2.91. The summed E-state index contributed by atoms with van der Waals surface area (Å²) in [5.74, 6) is 1.28. The van der Waals surface area contributed by atoms with Crippen LogP contribution in [0.4, 0.5) is 0 Å². The van der Waals surface area contributed by atoms with Gasteiger partial charge in [0.05, 0.1) is 0 Å². The van der Waals surface area contributed by atoms with Crippen molar-refractivity contribution >= 4 is 22.8 Å². The summed E-state index contributed by atoms with van der Waals surface area (Å²) in [5, 5.41) is 0.134. The van der Waals surface area contributed by atoms with Crippen molar-refractivity contribution in [3.8, 4) is 0 Å². The smallest absolute Gasteiger partial charge is 0.223 e. The normalized spacial score (nSPS) is 21.6. The number of carbonyl (C=O) groups is 2. The minimum absolute atomic E-state index is 0.134. The van der Waals surface area contributed by atoms with Crippen molar-refractivity contribution in [3.05, 3.63) is 35.4 Å². The Balaban J connectivity index is 1.50. The molecule has 1 aromatic rings. The highest BCUT2D eigenvalue weighted by Crippen LogP contribution is 2.24. The van der Waals surface area contributed by atoms with Crippen LogP contribution in [0.25, 0.3) is 0 Å². The first-order valence-electron chi connectivity index (χ1n) is 8.81. The van der Waals surface area contributed by atoms with Crippen LogP contribution in [0.2, 0.25) is 0 Å². The minimum atomic E-state index is 0.134. The molecule has 0 saturated carbocycles. The highest BCUT2D eigenvalue weighted by atomic mass is 32.2. The van der Waals surface area contributed by atoms with E-state index in [2.05, 4.69) is 29.2 Å². The minimum Gasteiger partial charge on any atom is -0.338 e. The van der Waals surface area contributed by atoms with Crippen LogP contribution >= 0.6 is 11.8 Å². The van der Waals surface area contributed by atoms with E-state index in [0.29, 0.717) is 18.9 Å². The summed E-state index contributed by atoms with van der Waals surface area (Å²) in [4.78, 5) is 27.7. The van der Waals surface area contributed by atoms with Crippen molar-refractivity contribution in [2.75, 3.05) is 25.4 Å². The first kappa shape index (κ1) is 17.5. The van der Waals surface area contributed by atoms with Crippen LogP contribution in [-0.2, 0) is 22.7 Å². The summed E-state index contributed by atoms with van der Waals surface area (Å²) in [7, 11) is 0. The molecule has 130 valence electrons. The zero-order valence-electron chi connectivity index (χ0n) is 14.4. The Morgan fingerprint density at radius 2 is 1.75 bits per heavy atom. The number of likely N-dealkylation sites (tertiary alicyclic amines) is 2. The number of nitrogens with zero attached hydrogens (tertiary/aromatic N) is 2. The van der Waals surface area contributed by atoms with Gasteiger partial charge in [-0.2, -0.15) is 0 Å². The number of hydrogen-bond acceptors (Lipinski definition) is 4. The van der Waals surface area contributed by atoms with Gasteiger partial charge in [0.1, 0.15) is 0 Å². The van der Waals surface area contributed by atoms with Crippen LogP contribution in [0.5, 0.6) is 0 Å². The molecule has 2 heterocycles. The second-order valence-corrected chi connectivity index (χ2v) is 8.14. The maximum Gasteiger partial charge on any atom is 0.223 e. The fourth-order valence-electron chi connectivity index (χ4n) is 3.52. The van der Waals surface area contributed by atoms with E-state index in [0.717, 1.165) is 18.8 Å². The quantitative estimate of drug-likeness (QED) is 0.794. The highest BCUT2D eigenvalue weighted by molar-refractivity contribution is 8.13. The molecule has 0 radical (unpaired) electrons. The van der Waals surface area contributed by atoms with Crippen molar-refractivity contribution in [1.82, 2.24) is 9.80 Å². The Morgan fingerprint density at radius 1 is 1.12 bits per heavy atom. The number of amides is 1. The summed E-state index contributed by atoms with van der Waals surface area (Å²) in [6.45, 7) is 6.50. The van der Waals surface area contributed by atoms with Gasteiger partial charge in [0.25, 0.3) is 0 Å². The average molecular weight is 346 g/mol. The number of benzene rings is 1. The summed E-state index contributed by atoms with van der Waals surface area (Å²) in [6, 6.07) is 8.68. The third kappa shape index (κ3) is 4.84. The molecule has 0 aliphatic carbocycles. The van der Waals surface area contributed by atoms with Gasteiger partial charge < -0.3 is 4.90 Å². The lowest BCUT2D eigenvalue weighted by atomic mass is 10.1. The molecule has 1 unspecified atom stereocenters. The van der Waals surface area contributed by atoms with Gasteiger partial charge in [0, 0.05) is 38.7 Å². The predicted molar refractivity (Wildman–Crippen MR) is 97.6 cm³/mol. The second kappa shape index (κ2) is 8.17. The lowest BCUT2D eigenvalue weighted by molar-refractivity contribution is -0.128. The van der Waals surface area contributed by atoms with Gasteiger partial charge in [-0.1, -0.05) is 36.0 Å².